The maximum Gasteiger partial charge on any atom is 0.309 e. The molecule has 0 radical (unpaired) electrons. The molecule has 0 unspecified atom stereocenters. The van der Waals surface area contributed by atoms with Gasteiger partial charge in [-0.2, -0.15) is 0 Å². The van der Waals surface area contributed by atoms with Crippen molar-refractivity contribution in [1.29, 1.82) is 0 Å². The Balaban J connectivity index is 1.93. The summed E-state index contributed by atoms with van der Waals surface area (Å²) in [5.74, 6) is -0.726. The summed E-state index contributed by atoms with van der Waals surface area (Å²) in [5.41, 5.74) is 0. The van der Waals surface area contributed by atoms with Crippen LogP contribution in [0.15, 0.2) is 0 Å². The van der Waals surface area contributed by atoms with E-state index < -0.39 is 5.97 Å². The summed E-state index contributed by atoms with van der Waals surface area (Å²) >= 11 is 0. The van der Waals surface area contributed by atoms with E-state index in [0.29, 0.717) is 0 Å². The zero-order valence-corrected chi connectivity index (χ0v) is 8.33. The highest BCUT2D eigenvalue weighted by atomic mass is 16.4. The minimum atomic E-state index is -0.634. The predicted molar refractivity (Wildman–Crippen MR) is 51.7 cm³/mol. The molecular formula is C10H19NO2. The number of likely N-dealkylation sites (tertiary alicyclic amines) is 1. The average molecular weight is 185 g/mol. The molecule has 1 aliphatic rings. The summed E-state index contributed by atoms with van der Waals surface area (Å²) < 4.78 is 0. The fraction of sp³-hybridized carbons (Fsp3) is 0.900. The lowest BCUT2D eigenvalue weighted by Gasteiger charge is -2.36. The van der Waals surface area contributed by atoms with Crippen LogP contribution in [0.25, 0.3) is 0 Å². The lowest BCUT2D eigenvalue weighted by atomic mass is 10.00. The average Bonchev–Trinajstić information content (AvgIpc) is 2.00. The summed E-state index contributed by atoms with van der Waals surface area (Å²) in [4.78, 5) is 12.7. The third-order valence-corrected chi connectivity index (χ3v) is 2.63. The Morgan fingerprint density at radius 2 is 2.08 bits per heavy atom. The van der Waals surface area contributed by atoms with Crippen molar-refractivity contribution >= 4 is 5.97 Å². The molecule has 1 saturated heterocycles. The van der Waals surface area contributed by atoms with Crippen molar-refractivity contribution in [2.45, 2.75) is 32.6 Å². The van der Waals surface area contributed by atoms with E-state index in [9.17, 15) is 4.79 Å². The third kappa shape index (κ3) is 3.35. The number of hydrogen-bond donors (Lipinski definition) is 1. The van der Waals surface area contributed by atoms with Crippen LogP contribution in [0.5, 0.6) is 0 Å². The zero-order valence-electron chi connectivity index (χ0n) is 8.33. The fourth-order valence-electron chi connectivity index (χ4n) is 1.67. The third-order valence-electron chi connectivity index (χ3n) is 2.63. The minimum absolute atomic E-state index is 0.0915. The van der Waals surface area contributed by atoms with E-state index in [1.807, 2.05) is 0 Å². The van der Waals surface area contributed by atoms with Gasteiger partial charge in [0.15, 0.2) is 0 Å². The molecule has 0 aromatic rings. The van der Waals surface area contributed by atoms with Crippen molar-refractivity contribution in [3.63, 3.8) is 0 Å². The molecule has 76 valence electrons. The zero-order chi connectivity index (χ0) is 9.68. The number of hydrogen-bond acceptors (Lipinski definition) is 2. The van der Waals surface area contributed by atoms with Gasteiger partial charge in [0.25, 0.3) is 0 Å². The molecule has 0 aromatic carbocycles. The van der Waals surface area contributed by atoms with Crippen LogP contribution in [0, 0.1) is 5.92 Å². The molecule has 0 bridgehead atoms. The maximum atomic E-state index is 10.5. The van der Waals surface area contributed by atoms with Crippen molar-refractivity contribution in [3.05, 3.63) is 0 Å². The molecule has 1 fully saturated rings. The molecule has 0 atom stereocenters. The van der Waals surface area contributed by atoms with Crippen molar-refractivity contribution in [2.75, 3.05) is 19.6 Å². The normalized spacial score (nSPS) is 18.5. The molecule has 13 heavy (non-hydrogen) atoms. The Kier molecular flexibility index (Phi) is 4.22. The topological polar surface area (TPSA) is 40.5 Å². The first-order valence-corrected chi connectivity index (χ1v) is 5.19. The summed E-state index contributed by atoms with van der Waals surface area (Å²) in [6.45, 7) is 4.82. The van der Waals surface area contributed by atoms with Crippen LogP contribution < -0.4 is 0 Å². The van der Waals surface area contributed by atoms with Gasteiger partial charge in [-0.05, 0) is 13.0 Å². The van der Waals surface area contributed by atoms with E-state index in [4.69, 9.17) is 5.11 Å². The second kappa shape index (κ2) is 5.22. The van der Waals surface area contributed by atoms with Crippen LogP contribution >= 0.6 is 0 Å². The highest BCUT2D eigenvalue weighted by Gasteiger charge is 2.31. The van der Waals surface area contributed by atoms with Crippen molar-refractivity contribution in [1.82, 2.24) is 4.90 Å². The van der Waals surface area contributed by atoms with Gasteiger partial charge in [0.2, 0.25) is 0 Å². The second-order valence-corrected chi connectivity index (χ2v) is 3.86. The van der Waals surface area contributed by atoms with Gasteiger partial charge in [-0.25, -0.2) is 0 Å². The molecule has 3 heteroatoms. The Morgan fingerprint density at radius 1 is 1.38 bits per heavy atom. The predicted octanol–water partition coefficient (Wildman–Crippen LogP) is 1.58. The molecule has 0 aromatic heterocycles. The largest absolute Gasteiger partial charge is 0.481 e. The summed E-state index contributed by atoms with van der Waals surface area (Å²) in [5, 5.41) is 8.63. The number of carboxylic acids is 1. The Hall–Kier alpha value is -0.570. The fourth-order valence-corrected chi connectivity index (χ4v) is 1.67. The van der Waals surface area contributed by atoms with Gasteiger partial charge in [-0.15, -0.1) is 0 Å². The van der Waals surface area contributed by atoms with Crippen LogP contribution in [0.1, 0.15) is 32.6 Å². The van der Waals surface area contributed by atoms with E-state index in [-0.39, 0.29) is 5.92 Å². The Morgan fingerprint density at radius 3 is 2.62 bits per heavy atom. The van der Waals surface area contributed by atoms with Crippen molar-refractivity contribution < 1.29 is 9.90 Å². The van der Waals surface area contributed by atoms with Gasteiger partial charge in [-0.3, -0.25) is 4.79 Å². The Bertz CT molecular complexity index is 164. The standard InChI is InChI=1S/C10H19NO2/c1-2-3-4-5-6-11-7-9(8-11)10(12)13/h9H,2-8H2,1H3,(H,12,13). The second-order valence-electron chi connectivity index (χ2n) is 3.86. The molecule has 0 spiro atoms. The summed E-state index contributed by atoms with van der Waals surface area (Å²) in [6, 6.07) is 0. The highest BCUT2D eigenvalue weighted by molar-refractivity contribution is 5.71. The monoisotopic (exact) mass is 185 g/mol. The molecule has 0 amide bonds. The Labute approximate surface area is 79.7 Å². The van der Waals surface area contributed by atoms with Gasteiger partial charge >= 0.3 is 5.97 Å². The lowest BCUT2D eigenvalue weighted by Crippen LogP contribution is -2.50. The first-order chi connectivity index (χ1) is 6.24. The number of unbranched alkanes of at least 4 members (excludes halogenated alkanes) is 3. The van der Waals surface area contributed by atoms with Gasteiger partial charge in [0.05, 0.1) is 5.92 Å². The van der Waals surface area contributed by atoms with Gasteiger partial charge in [0.1, 0.15) is 0 Å². The van der Waals surface area contributed by atoms with Gasteiger partial charge in [0, 0.05) is 13.1 Å². The smallest absolute Gasteiger partial charge is 0.309 e. The number of carbonyl (C=O) groups is 1. The molecular weight excluding hydrogens is 166 g/mol. The molecule has 1 N–H and O–H groups in total. The summed E-state index contributed by atoms with van der Waals surface area (Å²) in [6.07, 6.45) is 5.07. The molecule has 3 nitrogen and oxygen atoms in total. The molecule has 1 rings (SSSR count). The van der Waals surface area contributed by atoms with Crippen LogP contribution in [-0.4, -0.2) is 35.6 Å². The molecule has 0 aliphatic carbocycles. The first kappa shape index (κ1) is 10.5. The lowest BCUT2D eigenvalue weighted by molar-refractivity contribution is -0.147. The van der Waals surface area contributed by atoms with E-state index in [2.05, 4.69) is 11.8 Å². The van der Waals surface area contributed by atoms with E-state index in [1.165, 1.54) is 25.7 Å². The quantitative estimate of drug-likeness (QED) is 0.639. The molecule has 1 heterocycles. The molecule has 0 saturated carbocycles. The van der Waals surface area contributed by atoms with E-state index in [0.717, 1.165) is 19.6 Å². The number of aliphatic carboxylic acids is 1. The number of nitrogens with zero attached hydrogens (tertiary/aromatic N) is 1. The van der Waals surface area contributed by atoms with Crippen LogP contribution in [0.4, 0.5) is 0 Å². The maximum absolute atomic E-state index is 10.5. The van der Waals surface area contributed by atoms with Gasteiger partial charge in [-0.1, -0.05) is 26.2 Å². The van der Waals surface area contributed by atoms with Gasteiger partial charge < -0.3 is 10.0 Å². The minimum Gasteiger partial charge on any atom is -0.481 e. The van der Waals surface area contributed by atoms with Crippen LogP contribution in [0.3, 0.4) is 0 Å². The highest BCUT2D eigenvalue weighted by Crippen LogP contribution is 2.16. The van der Waals surface area contributed by atoms with Crippen LogP contribution in [0.2, 0.25) is 0 Å². The van der Waals surface area contributed by atoms with Crippen molar-refractivity contribution in [3.8, 4) is 0 Å². The molecule has 1 aliphatic heterocycles. The van der Waals surface area contributed by atoms with E-state index >= 15 is 0 Å². The first-order valence-electron chi connectivity index (χ1n) is 5.19. The van der Waals surface area contributed by atoms with Crippen molar-refractivity contribution in [2.24, 2.45) is 5.92 Å². The van der Waals surface area contributed by atoms with Crippen LogP contribution in [-0.2, 0) is 4.79 Å². The number of carboxylic acid groups (broad SMARTS) is 1. The summed E-state index contributed by atoms with van der Waals surface area (Å²) in [7, 11) is 0. The number of rotatable bonds is 6. The SMILES string of the molecule is CCCCCCN1CC(C(=O)O)C1. The van der Waals surface area contributed by atoms with E-state index in [1.54, 1.807) is 0 Å².